The maximum atomic E-state index is 12.8. The molecule has 1 saturated carbocycles. The summed E-state index contributed by atoms with van der Waals surface area (Å²) in [5, 5.41) is 9.48. The average molecular weight is 321 g/mol. The molecule has 4 nitrogen and oxygen atoms in total. The highest BCUT2D eigenvalue weighted by molar-refractivity contribution is 5.74. The summed E-state index contributed by atoms with van der Waals surface area (Å²) in [6.45, 7) is 1.27. The lowest BCUT2D eigenvalue weighted by molar-refractivity contribution is -0.142. The molecule has 1 heterocycles. The van der Waals surface area contributed by atoms with Gasteiger partial charge in [-0.1, -0.05) is 12.8 Å². The van der Waals surface area contributed by atoms with Crippen molar-refractivity contribution in [1.82, 2.24) is 4.90 Å². The van der Waals surface area contributed by atoms with Gasteiger partial charge in [0.25, 0.3) is 0 Å². The molecule has 0 aromatic heterocycles. The first-order chi connectivity index (χ1) is 11.1. The van der Waals surface area contributed by atoms with Crippen molar-refractivity contribution in [2.45, 2.75) is 50.6 Å². The summed E-state index contributed by atoms with van der Waals surface area (Å²) >= 11 is 0. The first-order valence-electron chi connectivity index (χ1n) is 8.52. The smallest absolute Gasteiger partial charge is 0.320 e. The minimum atomic E-state index is -0.696. The Bertz CT molecular complexity index is 534. The molecule has 3 atom stereocenters. The number of aliphatic carboxylic acids is 1. The number of likely N-dealkylation sites (tertiary alicyclic amines) is 1. The van der Waals surface area contributed by atoms with Crippen molar-refractivity contribution in [3.8, 4) is 5.75 Å². The molecular weight excluding hydrogens is 297 g/mol. The van der Waals surface area contributed by atoms with Crippen molar-refractivity contribution in [3.05, 3.63) is 30.1 Å². The van der Waals surface area contributed by atoms with Gasteiger partial charge in [0.1, 0.15) is 17.6 Å². The normalized spacial score (nSPS) is 27.6. The van der Waals surface area contributed by atoms with Crippen molar-refractivity contribution >= 4 is 5.97 Å². The number of benzene rings is 1. The molecule has 1 aliphatic carbocycles. The molecule has 1 N–H and O–H groups in total. The van der Waals surface area contributed by atoms with Gasteiger partial charge in [-0.3, -0.25) is 9.69 Å². The number of halogens is 1. The van der Waals surface area contributed by atoms with E-state index in [2.05, 4.69) is 4.90 Å². The first kappa shape index (κ1) is 16.2. The van der Waals surface area contributed by atoms with Gasteiger partial charge < -0.3 is 9.84 Å². The lowest BCUT2D eigenvalue weighted by Gasteiger charge is -2.32. The van der Waals surface area contributed by atoms with E-state index < -0.39 is 5.97 Å². The van der Waals surface area contributed by atoms with Crippen molar-refractivity contribution in [1.29, 1.82) is 0 Å². The number of carbonyl (C=O) groups is 1. The summed E-state index contributed by atoms with van der Waals surface area (Å²) in [6.07, 6.45) is 6.29. The summed E-state index contributed by atoms with van der Waals surface area (Å²) in [4.78, 5) is 13.7. The maximum Gasteiger partial charge on any atom is 0.320 e. The molecule has 2 fully saturated rings. The molecule has 0 amide bonds. The van der Waals surface area contributed by atoms with Crippen molar-refractivity contribution in [2.24, 2.45) is 5.92 Å². The third-order valence-electron chi connectivity index (χ3n) is 5.15. The molecule has 1 aliphatic heterocycles. The Kier molecular flexibility index (Phi) is 5.16. The minimum Gasteiger partial charge on any atom is -0.494 e. The highest BCUT2D eigenvalue weighted by Gasteiger charge is 2.44. The highest BCUT2D eigenvalue weighted by atomic mass is 19.1. The third kappa shape index (κ3) is 3.83. The monoisotopic (exact) mass is 321 g/mol. The number of rotatable bonds is 6. The second-order valence-corrected chi connectivity index (χ2v) is 6.60. The van der Waals surface area contributed by atoms with E-state index in [4.69, 9.17) is 4.74 Å². The average Bonchev–Trinajstić information content (AvgIpc) is 2.92. The molecule has 126 valence electrons. The first-order valence-corrected chi connectivity index (χ1v) is 8.52. The van der Waals surface area contributed by atoms with Crippen LogP contribution >= 0.6 is 0 Å². The molecule has 1 aromatic rings. The number of carboxylic acids is 1. The Morgan fingerprint density at radius 2 is 2.00 bits per heavy atom. The van der Waals surface area contributed by atoms with E-state index in [-0.39, 0.29) is 11.9 Å². The van der Waals surface area contributed by atoms with Crippen LogP contribution in [0.1, 0.15) is 38.5 Å². The summed E-state index contributed by atoms with van der Waals surface area (Å²) in [5.74, 6) is 0.224. The number of carboxylic acid groups (broad SMARTS) is 1. The molecule has 23 heavy (non-hydrogen) atoms. The van der Waals surface area contributed by atoms with Gasteiger partial charge in [0.05, 0.1) is 6.61 Å². The lowest BCUT2D eigenvalue weighted by atomic mass is 9.85. The van der Waals surface area contributed by atoms with Crippen molar-refractivity contribution < 1.29 is 19.0 Å². The molecular formula is C18H24FNO3. The molecule has 5 heteroatoms. The standard InChI is InChI=1S/C18H24FNO3/c19-14-6-8-15(9-7-14)23-11-3-10-20-16-5-2-1-4-13(16)12-17(20)18(21)22/h6-9,13,16-17H,1-5,10-12H2,(H,21,22)/t13-,16+,17-/m0/s1. The molecule has 1 aromatic carbocycles. The Morgan fingerprint density at radius 3 is 2.74 bits per heavy atom. The lowest BCUT2D eigenvalue weighted by Crippen LogP contribution is -2.43. The highest BCUT2D eigenvalue weighted by Crippen LogP contribution is 2.39. The van der Waals surface area contributed by atoms with Gasteiger partial charge >= 0.3 is 5.97 Å². The van der Waals surface area contributed by atoms with E-state index in [1.807, 2.05) is 0 Å². The van der Waals surface area contributed by atoms with Crippen LogP contribution in [0.25, 0.3) is 0 Å². The number of hydrogen-bond donors (Lipinski definition) is 1. The predicted molar refractivity (Wildman–Crippen MR) is 85.0 cm³/mol. The minimum absolute atomic E-state index is 0.276. The molecule has 3 rings (SSSR count). The summed E-state index contributed by atoms with van der Waals surface area (Å²) in [5.41, 5.74) is 0. The van der Waals surface area contributed by atoms with E-state index in [0.717, 1.165) is 32.2 Å². The topological polar surface area (TPSA) is 49.8 Å². The van der Waals surface area contributed by atoms with Crippen LogP contribution in [0, 0.1) is 11.7 Å². The van der Waals surface area contributed by atoms with Crippen LogP contribution in [-0.4, -0.2) is 41.2 Å². The Morgan fingerprint density at radius 1 is 1.26 bits per heavy atom. The number of fused-ring (bicyclic) bond motifs is 1. The fourth-order valence-electron chi connectivity index (χ4n) is 4.09. The van der Waals surface area contributed by atoms with Gasteiger partial charge in [-0.25, -0.2) is 4.39 Å². The zero-order valence-electron chi connectivity index (χ0n) is 13.3. The van der Waals surface area contributed by atoms with Gasteiger partial charge in [0, 0.05) is 12.6 Å². The van der Waals surface area contributed by atoms with Crippen molar-refractivity contribution in [3.63, 3.8) is 0 Å². The molecule has 2 aliphatic rings. The van der Waals surface area contributed by atoms with Gasteiger partial charge in [-0.2, -0.15) is 0 Å². The third-order valence-corrected chi connectivity index (χ3v) is 5.15. The Labute approximate surface area is 136 Å². The quantitative estimate of drug-likeness (QED) is 0.817. The van der Waals surface area contributed by atoms with Crippen LogP contribution in [-0.2, 0) is 4.79 Å². The largest absolute Gasteiger partial charge is 0.494 e. The van der Waals surface area contributed by atoms with E-state index >= 15 is 0 Å². The second-order valence-electron chi connectivity index (χ2n) is 6.60. The summed E-state index contributed by atoms with van der Waals surface area (Å²) in [6, 6.07) is 6.07. The van der Waals surface area contributed by atoms with Crippen LogP contribution in [0.15, 0.2) is 24.3 Å². The number of hydrogen-bond acceptors (Lipinski definition) is 3. The summed E-state index contributed by atoms with van der Waals surface area (Å²) < 4.78 is 18.4. The van der Waals surface area contributed by atoms with Gasteiger partial charge in [-0.05, 0) is 55.9 Å². The second kappa shape index (κ2) is 7.30. The summed E-state index contributed by atoms with van der Waals surface area (Å²) in [7, 11) is 0. The maximum absolute atomic E-state index is 12.8. The fourth-order valence-corrected chi connectivity index (χ4v) is 4.09. The number of ether oxygens (including phenoxy) is 1. The SMILES string of the molecule is O=C(O)[C@@H]1C[C@@H]2CCCC[C@H]2N1CCCOc1ccc(F)cc1. The van der Waals surface area contributed by atoms with E-state index in [1.54, 1.807) is 12.1 Å². The zero-order chi connectivity index (χ0) is 16.2. The van der Waals surface area contributed by atoms with Gasteiger partial charge in [0.2, 0.25) is 0 Å². The predicted octanol–water partition coefficient (Wildman–Crippen LogP) is 3.31. The van der Waals surface area contributed by atoms with E-state index in [9.17, 15) is 14.3 Å². The number of nitrogens with zero attached hydrogens (tertiary/aromatic N) is 1. The molecule has 1 saturated heterocycles. The fraction of sp³-hybridized carbons (Fsp3) is 0.611. The van der Waals surface area contributed by atoms with Crippen LogP contribution in [0.2, 0.25) is 0 Å². The van der Waals surface area contributed by atoms with Crippen LogP contribution < -0.4 is 4.74 Å². The molecule has 0 unspecified atom stereocenters. The van der Waals surface area contributed by atoms with Gasteiger partial charge in [-0.15, -0.1) is 0 Å². The zero-order valence-corrected chi connectivity index (χ0v) is 13.3. The molecule has 0 radical (unpaired) electrons. The Hall–Kier alpha value is -1.62. The van der Waals surface area contributed by atoms with Crippen LogP contribution in [0.5, 0.6) is 5.75 Å². The Balaban J connectivity index is 1.51. The van der Waals surface area contributed by atoms with Crippen LogP contribution in [0.3, 0.4) is 0 Å². The van der Waals surface area contributed by atoms with Gasteiger partial charge in [0.15, 0.2) is 0 Å². The molecule has 0 spiro atoms. The van der Waals surface area contributed by atoms with E-state index in [1.165, 1.54) is 25.0 Å². The van der Waals surface area contributed by atoms with Crippen LogP contribution in [0.4, 0.5) is 4.39 Å². The molecule has 0 bridgehead atoms. The van der Waals surface area contributed by atoms with E-state index in [0.29, 0.717) is 24.3 Å². The van der Waals surface area contributed by atoms with Crippen molar-refractivity contribution in [2.75, 3.05) is 13.2 Å².